The maximum absolute atomic E-state index is 4.43. The molecule has 0 aromatic heterocycles. The van der Waals surface area contributed by atoms with Crippen molar-refractivity contribution < 1.29 is 0 Å². The lowest BCUT2D eigenvalue weighted by Crippen LogP contribution is -2.61. The molecule has 1 heteroatoms. The van der Waals surface area contributed by atoms with E-state index in [1.807, 2.05) is 0 Å². The van der Waals surface area contributed by atoms with Gasteiger partial charge in [-0.25, -0.2) is 0 Å². The van der Waals surface area contributed by atoms with Crippen LogP contribution in [-0.4, -0.2) is 12.1 Å². The molecule has 4 aliphatic rings. The first-order chi connectivity index (χ1) is 16.0. The van der Waals surface area contributed by atoms with E-state index >= 15 is 0 Å². The van der Waals surface area contributed by atoms with E-state index in [4.69, 9.17) is 0 Å². The quantitative estimate of drug-likeness (QED) is 0.469. The number of fused-ring (bicyclic) bond motifs is 3. The van der Waals surface area contributed by atoms with Gasteiger partial charge in [0.15, 0.2) is 0 Å². The van der Waals surface area contributed by atoms with Crippen molar-refractivity contribution in [3.05, 3.63) is 34.9 Å². The predicted octanol–water partition coefficient (Wildman–Crippen LogP) is 9.11. The molecular weight excluding hydrogens is 410 g/mol. The summed E-state index contributed by atoms with van der Waals surface area (Å²) in [4.78, 5) is 0. The molecule has 1 saturated heterocycles. The fourth-order valence-electron chi connectivity index (χ4n) is 9.16. The fraction of sp³-hybridized carbons (Fsp3) is 0.818. The highest BCUT2D eigenvalue weighted by atomic mass is 15.0. The van der Waals surface area contributed by atoms with E-state index in [1.165, 1.54) is 64.2 Å². The Morgan fingerprint density at radius 3 is 2.00 bits per heavy atom. The summed E-state index contributed by atoms with van der Waals surface area (Å²) < 4.78 is 0. The zero-order chi connectivity index (χ0) is 24.5. The zero-order valence-corrected chi connectivity index (χ0v) is 23.7. The summed E-state index contributed by atoms with van der Waals surface area (Å²) in [6.45, 7) is 19.6. The van der Waals surface area contributed by atoms with Crippen LogP contribution >= 0.6 is 0 Å². The Hall–Kier alpha value is -0.820. The van der Waals surface area contributed by atoms with Crippen molar-refractivity contribution in [2.24, 2.45) is 22.2 Å². The molecule has 1 aromatic carbocycles. The van der Waals surface area contributed by atoms with Gasteiger partial charge >= 0.3 is 0 Å². The maximum Gasteiger partial charge on any atom is 0.0218 e. The standard InChI is InChI=1S/C33H53N/c1-9-32(10-2)21-26(31(6,7)8)34-29-27(32)24-17-16-23(30(3,4)5)20-25(24)28(29)33(18-13-19-33)22-14-11-12-15-22/h16-17,20,22,26-29,34H,9-15,18-19,21H2,1-8H3. The molecule has 1 aliphatic heterocycles. The van der Waals surface area contributed by atoms with E-state index in [1.54, 1.807) is 16.7 Å². The Morgan fingerprint density at radius 1 is 0.853 bits per heavy atom. The number of rotatable bonds is 4. The van der Waals surface area contributed by atoms with Crippen LogP contribution < -0.4 is 5.32 Å². The Bertz CT molecular complexity index is 882. The zero-order valence-electron chi connectivity index (χ0n) is 23.7. The largest absolute Gasteiger partial charge is 0.309 e. The Morgan fingerprint density at radius 2 is 1.50 bits per heavy atom. The van der Waals surface area contributed by atoms with Crippen LogP contribution in [0.1, 0.15) is 148 Å². The highest BCUT2D eigenvalue weighted by Gasteiger charge is 2.62. The van der Waals surface area contributed by atoms with Crippen LogP contribution in [0.25, 0.3) is 0 Å². The number of hydrogen-bond acceptors (Lipinski definition) is 1. The van der Waals surface area contributed by atoms with Gasteiger partial charge in [-0.1, -0.05) is 92.9 Å². The second-order valence-corrected chi connectivity index (χ2v) is 15.0. The minimum atomic E-state index is 0.210. The first-order valence-corrected chi connectivity index (χ1v) is 14.9. The molecular formula is C33H53N. The van der Waals surface area contributed by atoms with Crippen molar-refractivity contribution in [3.63, 3.8) is 0 Å². The predicted molar refractivity (Wildman–Crippen MR) is 147 cm³/mol. The lowest BCUT2D eigenvalue weighted by molar-refractivity contribution is -0.0284. The summed E-state index contributed by atoms with van der Waals surface area (Å²) in [5.74, 6) is 2.33. The smallest absolute Gasteiger partial charge is 0.0218 e. The highest BCUT2D eigenvalue weighted by Crippen LogP contribution is 2.69. The second kappa shape index (κ2) is 8.36. The van der Waals surface area contributed by atoms with Crippen molar-refractivity contribution in [1.29, 1.82) is 0 Å². The van der Waals surface area contributed by atoms with Crippen molar-refractivity contribution in [2.75, 3.05) is 0 Å². The molecule has 0 amide bonds. The van der Waals surface area contributed by atoms with E-state index in [9.17, 15) is 0 Å². The summed E-state index contributed by atoms with van der Waals surface area (Å²) in [6.07, 6.45) is 14.2. The summed E-state index contributed by atoms with van der Waals surface area (Å²) >= 11 is 0. The topological polar surface area (TPSA) is 12.0 Å². The summed E-state index contributed by atoms with van der Waals surface area (Å²) in [6, 6.07) is 9.02. The van der Waals surface area contributed by atoms with Gasteiger partial charge in [-0.3, -0.25) is 0 Å². The molecule has 0 radical (unpaired) electrons. The molecule has 3 aliphatic carbocycles. The van der Waals surface area contributed by atoms with Gasteiger partial charge < -0.3 is 5.32 Å². The molecule has 2 saturated carbocycles. The highest BCUT2D eigenvalue weighted by molar-refractivity contribution is 5.49. The maximum atomic E-state index is 4.43. The second-order valence-electron chi connectivity index (χ2n) is 15.0. The van der Waals surface area contributed by atoms with Gasteiger partial charge in [-0.2, -0.15) is 0 Å². The number of nitrogens with one attached hydrogen (secondary N) is 1. The molecule has 4 atom stereocenters. The summed E-state index contributed by atoms with van der Waals surface area (Å²) in [5, 5.41) is 4.43. The molecule has 0 spiro atoms. The Kier molecular flexibility index (Phi) is 6.11. The average Bonchev–Trinajstić information content (AvgIpc) is 3.39. The average molecular weight is 464 g/mol. The van der Waals surface area contributed by atoms with Crippen LogP contribution in [0.3, 0.4) is 0 Å². The third-order valence-electron chi connectivity index (χ3n) is 11.5. The van der Waals surface area contributed by atoms with Crippen LogP contribution in [0.5, 0.6) is 0 Å². The van der Waals surface area contributed by atoms with Gasteiger partial charge in [-0.05, 0) is 89.2 Å². The first kappa shape index (κ1) is 24.9. The van der Waals surface area contributed by atoms with Crippen molar-refractivity contribution >= 4 is 0 Å². The van der Waals surface area contributed by atoms with Crippen molar-refractivity contribution in [2.45, 2.75) is 149 Å². The van der Waals surface area contributed by atoms with E-state index in [0.29, 0.717) is 40.2 Å². The van der Waals surface area contributed by atoms with Crippen molar-refractivity contribution in [1.82, 2.24) is 5.32 Å². The van der Waals surface area contributed by atoms with E-state index in [0.717, 1.165) is 5.92 Å². The van der Waals surface area contributed by atoms with Gasteiger partial charge in [0, 0.05) is 23.9 Å². The van der Waals surface area contributed by atoms with Gasteiger partial charge in [0.2, 0.25) is 0 Å². The summed E-state index contributed by atoms with van der Waals surface area (Å²) in [5.41, 5.74) is 6.51. The lowest BCUT2D eigenvalue weighted by atomic mass is 9.50. The van der Waals surface area contributed by atoms with Crippen LogP contribution in [0.2, 0.25) is 0 Å². The van der Waals surface area contributed by atoms with E-state index in [-0.39, 0.29) is 5.41 Å². The molecule has 5 rings (SSSR count). The Labute approximate surface area is 211 Å². The molecule has 190 valence electrons. The molecule has 1 aromatic rings. The summed E-state index contributed by atoms with van der Waals surface area (Å²) in [7, 11) is 0. The minimum absolute atomic E-state index is 0.210. The molecule has 0 bridgehead atoms. The van der Waals surface area contributed by atoms with Gasteiger partial charge in [0.25, 0.3) is 0 Å². The normalized spacial score (nSPS) is 32.8. The Balaban J connectivity index is 1.70. The van der Waals surface area contributed by atoms with Crippen LogP contribution in [0.4, 0.5) is 0 Å². The number of hydrogen-bond donors (Lipinski definition) is 1. The molecule has 34 heavy (non-hydrogen) atoms. The minimum Gasteiger partial charge on any atom is -0.309 e. The SMILES string of the molecule is CCC1(CC)CC(C(C)(C)C)NC2C1c1ccc(C(C)(C)C)cc1C2C1(C2CCCC2)CCC1. The monoisotopic (exact) mass is 463 g/mol. The number of benzene rings is 1. The third-order valence-corrected chi connectivity index (χ3v) is 11.5. The number of piperidine rings is 1. The molecule has 3 fully saturated rings. The fourth-order valence-corrected chi connectivity index (χ4v) is 9.16. The van der Waals surface area contributed by atoms with Gasteiger partial charge in [-0.15, -0.1) is 0 Å². The molecule has 1 heterocycles. The van der Waals surface area contributed by atoms with E-state index in [2.05, 4.69) is 78.9 Å². The van der Waals surface area contributed by atoms with Crippen LogP contribution in [-0.2, 0) is 5.41 Å². The lowest BCUT2D eigenvalue weighted by Gasteiger charge is -2.58. The molecule has 4 unspecified atom stereocenters. The van der Waals surface area contributed by atoms with Gasteiger partial charge in [0.05, 0.1) is 0 Å². The van der Waals surface area contributed by atoms with Gasteiger partial charge in [0.1, 0.15) is 0 Å². The third kappa shape index (κ3) is 3.65. The van der Waals surface area contributed by atoms with Crippen LogP contribution in [0, 0.1) is 22.2 Å². The van der Waals surface area contributed by atoms with Crippen molar-refractivity contribution in [3.8, 4) is 0 Å². The van der Waals surface area contributed by atoms with E-state index < -0.39 is 0 Å². The molecule has 1 N–H and O–H groups in total. The van der Waals surface area contributed by atoms with Crippen LogP contribution in [0.15, 0.2) is 18.2 Å². The molecule has 1 nitrogen and oxygen atoms in total. The first-order valence-electron chi connectivity index (χ1n) is 14.9.